The number of carbonyl (C=O) groups is 2. The Morgan fingerprint density at radius 1 is 0.867 bits per heavy atom. The molecule has 0 unspecified atom stereocenters. The van der Waals surface area contributed by atoms with Crippen LogP contribution in [0.3, 0.4) is 0 Å². The zero-order valence-electron chi connectivity index (χ0n) is 17.9. The van der Waals surface area contributed by atoms with Gasteiger partial charge in [-0.15, -0.1) is 11.8 Å². The number of amides is 3. The second-order valence-corrected chi connectivity index (χ2v) is 10.00. The third kappa shape index (κ3) is 5.70. The van der Waals surface area contributed by atoms with Crippen LogP contribution in [0.2, 0.25) is 0 Å². The Hall–Kier alpha value is -1.73. The van der Waals surface area contributed by atoms with Crippen LogP contribution in [-0.2, 0) is 4.79 Å². The normalized spacial score (nSPS) is 21.1. The zero-order chi connectivity index (χ0) is 20.8. The highest BCUT2D eigenvalue weighted by molar-refractivity contribution is 8.00. The van der Waals surface area contributed by atoms with Gasteiger partial charge in [-0.05, 0) is 44.2 Å². The van der Waals surface area contributed by atoms with E-state index in [1.54, 1.807) is 0 Å². The third-order valence-corrected chi connectivity index (χ3v) is 7.87. The molecule has 7 heteroatoms. The summed E-state index contributed by atoms with van der Waals surface area (Å²) in [4.78, 5) is 32.6. The molecule has 3 fully saturated rings. The largest absolute Gasteiger partial charge is 0.342 e. The van der Waals surface area contributed by atoms with Crippen molar-refractivity contribution in [3.8, 4) is 0 Å². The molecule has 2 heterocycles. The van der Waals surface area contributed by atoms with E-state index < -0.39 is 0 Å². The second kappa shape index (κ2) is 10.5. The number of hydrogen-bond acceptors (Lipinski definition) is 4. The molecule has 30 heavy (non-hydrogen) atoms. The summed E-state index contributed by atoms with van der Waals surface area (Å²) in [7, 11) is 0. The van der Waals surface area contributed by atoms with Crippen molar-refractivity contribution < 1.29 is 9.59 Å². The van der Waals surface area contributed by atoms with Gasteiger partial charge in [-0.2, -0.15) is 0 Å². The van der Waals surface area contributed by atoms with Gasteiger partial charge in [0.05, 0.1) is 12.2 Å². The van der Waals surface area contributed by atoms with Gasteiger partial charge in [-0.1, -0.05) is 25.0 Å². The average molecular weight is 431 g/mol. The maximum atomic E-state index is 12.8. The van der Waals surface area contributed by atoms with E-state index in [9.17, 15) is 9.59 Å². The van der Waals surface area contributed by atoms with E-state index in [1.807, 2.05) is 39.8 Å². The number of urea groups is 1. The fourth-order valence-electron chi connectivity index (χ4n) is 4.60. The number of para-hydroxylation sites is 1. The van der Waals surface area contributed by atoms with Crippen molar-refractivity contribution in [2.45, 2.75) is 55.1 Å². The number of hydrogen-bond donors (Lipinski definition) is 1. The van der Waals surface area contributed by atoms with Crippen molar-refractivity contribution in [3.63, 3.8) is 0 Å². The van der Waals surface area contributed by atoms with Crippen molar-refractivity contribution in [2.75, 3.05) is 51.1 Å². The number of piperazine rings is 1. The maximum Gasteiger partial charge on any atom is 0.321 e. The lowest BCUT2D eigenvalue weighted by atomic mass is 10.1. The molecule has 0 radical (unpaired) electrons. The maximum absolute atomic E-state index is 12.8. The van der Waals surface area contributed by atoms with Crippen molar-refractivity contribution in [3.05, 3.63) is 24.3 Å². The predicted octanol–water partition coefficient (Wildman–Crippen LogP) is 3.88. The van der Waals surface area contributed by atoms with Gasteiger partial charge in [0, 0.05) is 49.4 Å². The molecule has 0 bridgehead atoms. The minimum absolute atomic E-state index is 0.0310. The summed E-state index contributed by atoms with van der Waals surface area (Å²) in [5.41, 5.74) is 0.919. The van der Waals surface area contributed by atoms with Crippen LogP contribution in [0.1, 0.15) is 44.9 Å². The number of benzene rings is 1. The summed E-state index contributed by atoms with van der Waals surface area (Å²) in [6, 6.07) is 8.12. The molecule has 0 aromatic heterocycles. The first kappa shape index (κ1) is 21.5. The molecule has 4 rings (SSSR count). The van der Waals surface area contributed by atoms with Gasteiger partial charge in [0.25, 0.3) is 0 Å². The molecular formula is C23H34N4O2S. The topological polar surface area (TPSA) is 55.9 Å². The Labute approximate surface area is 184 Å². The molecule has 3 amide bonds. The highest BCUT2D eigenvalue weighted by atomic mass is 32.2. The van der Waals surface area contributed by atoms with E-state index in [4.69, 9.17) is 0 Å². The molecular weight excluding hydrogens is 396 g/mol. The summed E-state index contributed by atoms with van der Waals surface area (Å²) < 4.78 is 0. The van der Waals surface area contributed by atoms with Crippen molar-refractivity contribution in [1.29, 1.82) is 0 Å². The number of carbonyl (C=O) groups excluding carboxylic acids is 2. The van der Waals surface area contributed by atoms with Gasteiger partial charge in [0.1, 0.15) is 0 Å². The molecule has 1 N–H and O–H groups in total. The molecule has 0 atom stereocenters. The monoisotopic (exact) mass is 430 g/mol. The number of anilines is 1. The Morgan fingerprint density at radius 2 is 1.57 bits per heavy atom. The van der Waals surface area contributed by atoms with E-state index >= 15 is 0 Å². The van der Waals surface area contributed by atoms with Gasteiger partial charge >= 0.3 is 6.03 Å². The van der Waals surface area contributed by atoms with E-state index in [-0.39, 0.29) is 11.9 Å². The first-order valence-corrected chi connectivity index (χ1v) is 12.4. The average Bonchev–Trinajstić information content (AvgIpc) is 3.29. The molecule has 1 aromatic rings. The number of piperidine rings is 1. The third-order valence-electron chi connectivity index (χ3n) is 6.45. The lowest BCUT2D eigenvalue weighted by Gasteiger charge is -2.36. The zero-order valence-corrected chi connectivity index (χ0v) is 18.7. The molecule has 1 aromatic carbocycles. The molecule has 164 valence electrons. The highest BCUT2D eigenvalue weighted by Crippen LogP contribution is 2.38. The molecule has 3 aliphatic rings. The van der Waals surface area contributed by atoms with Crippen LogP contribution in [-0.4, -0.2) is 77.7 Å². The van der Waals surface area contributed by atoms with Gasteiger partial charge in [-0.25, -0.2) is 4.79 Å². The number of nitrogens with zero attached hydrogens (tertiary/aromatic N) is 3. The van der Waals surface area contributed by atoms with E-state index in [0.29, 0.717) is 24.9 Å². The van der Waals surface area contributed by atoms with Gasteiger partial charge < -0.3 is 15.1 Å². The molecule has 2 saturated heterocycles. The lowest BCUT2D eigenvalue weighted by Crippen LogP contribution is -2.52. The first-order chi connectivity index (χ1) is 14.7. The first-order valence-electron chi connectivity index (χ1n) is 11.5. The van der Waals surface area contributed by atoms with Gasteiger partial charge in [0.2, 0.25) is 5.91 Å². The number of likely N-dealkylation sites (tertiary alicyclic amines) is 1. The summed E-state index contributed by atoms with van der Waals surface area (Å²) in [6.07, 6.45) is 8.66. The number of nitrogens with one attached hydrogen (secondary N) is 1. The molecule has 1 aliphatic carbocycles. The summed E-state index contributed by atoms with van der Waals surface area (Å²) in [5, 5.41) is 3.80. The highest BCUT2D eigenvalue weighted by Gasteiger charge is 2.25. The van der Waals surface area contributed by atoms with Gasteiger partial charge in [0.15, 0.2) is 0 Å². The van der Waals surface area contributed by atoms with E-state index in [0.717, 1.165) is 44.7 Å². The van der Waals surface area contributed by atoms with Crippen LogP contribution < -0.4 is 5.32 Å². The van der Waals surface area contributed by atoms with Crippen LogP contribution in [0.25, 0.3) is 0 Å². The van der Waals surface area contributed by atoms with Crippen molar-refractivity contribution in [2.24, 2.45) is 0 Å². The Kier molecular flexibility index (Phi) is 7.55. The predicted molar refractivity (Wildman–Crippen MR) is 122 cm³/mol. The number of thioether (sulfide) groups is 1. The molecule has 0 spiro atoms. The smallest absolute Gasteiger partial charge is 0.321 e. The molecule has 1 saturated carbocycles. The summed E-state index contributed by atoms with van der Waals surface area (Å²) >= 11 is 1.90. The van der Waals surface area contributed by atoms with E-state index in [1.165, 1.54) is 37.0 Å². The van der Waals surface area contributed by atoms with Crippen molar-refractivity contribution in [1.82, 2.24) is 14.7 Å². The van der Waals surface area contributed by atoms with Crippen LogP contribution in [0.5, 0.6) is 0 Å². The van der Waals surface area contributed by atoms with Crippen LogP contribution in [0, 0.1) is 0 Å². The van der Waals surface area contributed by atoms with Crippen molar-refractivity contribution >= 4 is 29.4 Å². The Balaban J connectivity index is 1.25. The Morgan fingerprint density at radius 3 is 2.30 bits per heavy atom. The number of rotatable bonds is 5. The minimum atomic E-state index is -0.0310. The fraction of sp³-hybridized carbons (Fsp3) is 0.652. The van der Waals surface area contributed by atoms with E-state index in [2.05, 4.69) is 16.3 Å². The quantitative estimate of drug-likeness (QED) is 0.770. The fourth-order valence-corrected chi connectivity index (χ4v) is 5.93. The summed E-state index contributed by atoms with van der Waals surface area (Å²) in [5.74, 6) is 0.241. The Bertz CT molecular complexity index is 724. The lowest BCUT2D eigenvalue weighted by molar-refractivity contribution is -0.133. The van der Waals surface area contributed by atoms with Crippen LogP contribution >= 0.6 is 11.8 Å². The minimum Gasteiger partial charge on any atom is -0.342 e. The standard InChI is InChI=1S/C23H34N4O2S/c28-22(26-12-6-1-7-13-26)18-25-14-16-27(17-15-25)23(29)24-20-10-4-5-11-21(20)30-19-8-2-3-9-19/h4-5,10-11,19H,1-3,6-9,12-18H2,(H,24,29). The van der Waals surface area contributed by atoms with Crippen LogP contribution in [0.15, 0.2) is 29.2 Å². The summed E-state index contributed by atoms with van der Waals surface area (Å²) in [6.45, 7) is 5.13. The molecule has 2 aliphatic heterocycles. The van der Waals surface area contributed by atoms with Crippen LogP contribution in [0.4, 0.5) is 10.5 Å². The SMILES string of the molecule is O=C(CN1CCN(C(=O)Nc2ccccc2SC2CCCC2)CC1)N1CCCCC1. The molecule has 6 nitrogen and oxygen atoms in total. The second-order valence-electron chi connectivity index (χ2n) is 8.66. The van der Waals surface area contributed by atoms with Gasteiger partial charge in [-0.3, -0.25) is 9.69 Å².